The molecule has 4 saturated heterocycles. The van der Waals surface area contributed by atoms with Gasteiger partial charge in [0.05, 0.1) is 49.1 Å². The van der Waals surface area contributed by atoms with Crippen LogP contribution in [0.15, 0.2) is 91.3 Å². The topological polar surface area (TPSA) is 120 Å². The molecule has 2 aromatic heterocycles. The molecule has 9 rings (SSSR count). The van der Waals surface area contributed by atoms with Gasteiger partial charge in [0.2, 0.25) is 5.91 Å². The lowest BCUT2D eigenvalue weighted by molar-refractivity contribution is -0.142. The fourth-order valence-corrected chi connectivity index (χ4v) is 8.71. The molecule has 0 unspecified atom stereocenters. The third kappa shape index (κ3) is 6.87. The molecule has 4 aliphatic heterocycles. The van der Waals surface area contributed by atoms with E-state index < -0.39 is 0 Å². The van der Waals surface area contributed by atoms with Gasteiger partial charge in [-0.15, -0.1) is 0 Å². The lowest BCUT2D eigenvalue weighted by Crippen LogP contribution is -2.47. The Labute approximate surface area is 315 Å². The molecular formula is C43H47N7O4. The predicted octanol–water partition coefficient (Wildman–Crippen LogP) is 6.71. The second-order valence-electron chi connectivity index (χ2n) is 14.9. The van der Waals surface area contributed by atoms with Gasteiger partial charge in [-0.25, -0.2) is 9.97 Å². The van der Waals surface area contributed by atoms with Gasteiger partial charge >= 0.3 is 0 Å². The van der Waals surface area contributed by atoms with Crippen molar-refractivity contribution in [1.82, 2.24) is 34.6 Å². The van der Waals surface area contributed by atoms with E-state index in [4.69, 9.17) is 19.4 Å². The minimum Gasteiger partial charge on any atom is -0.379 e. The van der Waals surface area contributed by atoms with E-state index in [0.717, 1.165) is 116 Å². The number of nitrogens with one attached hydrogen (secondary N) is 2. The van der Waals surface area contributed by atoms with E-state index in [1.165, 1.54) is 0 Å². The van der Waals surface area contributed by atoms with Gasteiger partial charge in [0, 0.05) is 32.8 Å². The molecule has 0 radical (unpaired) electrons. The van der Waals surface area contributed by atoms with Crippen LogP contribution in [0.5, 0.6) is 0 Å². The van der Waals surface area contributed by atoms with Crippen molar-refractivity contribution >= 4 is 11.8 Å². The highest BCUT2D eigenvalue weighted by molar-refractivity contribution is 5.84. The lowest BCUT2D eigenvalue weighted by atomic mass is 10.0. The zero-order chi connectivity index (χ0) is 36.4. The van der Waals surface area contributed by atoms with E-state index in [1.807, 2.05) is 40.4 Å². The summed E-state index contributed by atoms with van der Waals surface area (Å²) in [4.78, 5) is 50.2. The number of benzene rings is 3. The highest BCUT2D eigenvalue weighted by Gasteiger charge is 2.39. The highest BCUT2D eigenvalue weighted by Crippen LogP contribution is 2.37. The summed E-state index contributed by atoms with van der Waals surface area (Å²) in [5.74, 6) is 1.91. The molecule has 5 aromatic rings. The van der Waals surface area contributed by atoms with E-state index in [0.29, 0.717) is 19.8 Å². The number of morpholine rings is 1. The first-order valence-electron chi connectivity index (χ1n) is 19.5. The summed E-state index contributed by atoms with van der Waals surface area (Å²) in [6, 6.07) is 26.7. The fraction of sp³-hybridized carbons (Fsp3) is 0.395. The SMILES string of the molecule is O=C([C@@H]1CCCO1)N1CCC[C@H]1c1ncc(-c2ccc(-c3ccc(-c4cnc([C@@H]5CCCN5C(=O)[C@@H](c5ccccc5)N5CCOCC5)[nH]4)cc3)cc2)[nH]1. The number of hydrogen-bond donors (Lipinski definition) is 2. The minimum absolute atomic E-state index is 0.0360. The van der Waals surface area contributed by atoms with Gasteiger partial charge in [-0.3, -0.25) is 14.5 Å². The summed E-state index contributed by atoms with van der Waals surface area (Å²) >= 11 is 0. The maximum atomic E-state index is 14.3. The van der Waals surface area contributed by atoms with Crippen LogP contribution in [-0.2, 0) is 19.1 Å². The van der Waals surface area contributed by atoms with Crippen molar-refractivity contribution in [2.24, 2.45) is 0 Å². The van der Waals surface area contributed by atoms with Crippen LogP contribution < -0.4 is 0 Å². The smallest absolute Gasteiger partial charge is 0.252 e. The van der Waals surface area contributed by atoms with Crippen LogP contribution in [-0.4, -0.2) is 98.6 Å². The number of likely N-dealkylation sites (tertiary alicyclic amines) is 2. The number of hydrogen-bond acceptors (Lipinski definition) is 7. The van der Waals surface area contributed by atoms with Gasteiger partial charge in [-0.1, -0.05) is 78.9 Å². The van der Waals surface area contributed by atoms with Crippen molar-refractivity contribution in [3.8, 4) is 33.6 Å². The summed E-state index contributed by atoms with van der Waals surface area (Å²) in [6.07, 6.45) is 8.91. The minimum atomic E-state index is -0.333. The summed E-state index contributed by atoms with van der Waals surface area (Å²) in [7, 11) is 0. The molecule has 4 atom stereocenters. The molecule has 0 spiro atoms. The van der Waals surface area contributed by atoms with Crippen LogP contribution in [0.2, 0.25) is 0 Å². The quantitative estimate of drug-likeness (QED) is 0.173. The molecule has 0 bridgehead atoms. The number of ether oxygens (including phenoxy) is 2. The average Bonchev–Trinajstić information content (AvgIpc) is 4.08. The predicted molar refractivity (Wildman–Crippen MR) is 205 cm³/mol. The number of imidazole rings is 2. The first-order valence-corrected chi connectivity index (χ1v) is 19.5. The number of aromatic amines is 2. The number of rotatable bonds is 9. The number of H-pyrrole nitrogens is 2. The van der Waals surface area contributed by atoms with Crippen LogP contribution >= 0.6 is 0 Å². The van der Waals surface area contributed by atoms with Crippen LogP contribution in [0.3, 0.4) is 0 Å². The van der Waals surface area contributed by atoms with Crippen molar-refractivity contribution < 1.29 is 19.1 Å². The Kier molecular flexibility index (Phi) is 9.84. The van der Waals surface area contributed by atoms with Gasteiger partial charge in [0.15, 0.2) is 0 Å². The van der Waals surface area contributed by atoms with Crippen LogP contribution in [0, 0.1) is 0 Å². The molecule has 4 fully saturated rings. The van der Waals surface area contributed by atoms with E-state index in [9.17, 15) is 9.59 Å². The standard InChI is InChI=1S/C43H47N7O4/c51-42(38-11-6-24-54-38)49-20-4-9-36(49)40-44-27-34(46-40)31-16-12-29(13-17-31)30-14-18-32(19-15-30)35-28-45-41(47-35)37-10-5-21-50(37)43(52)39(33-7-2-1-3-8-33)48-22-25-53-26-23-48/h1-3,7-8,12-19,27-28,36-39H,4-6,9-11,20-26H2,(H,44,46)(H,45,47)/t36-,37-,38-,39+/m0/s1. The van der Waals surface area contributed by atoms with Gasteiger partial charge < -0.3 is 29.2 Å². The monoisotopic (exact) mass is 725 g/mol. The maximum absolute atomic E-state index is 14.3. The van der Waals surface area contributed by atoms with Gasteiger partial charge in [0.25, 0.3) is 5.91 Å². The molecule has 2 amide bonds. The highest BCUT2D eigenvalue weighted by atomic mass is 16.5. The van der Waals surface area contributed by atoms with Crippen molar-refractivity contribution in [3.63, 3.8) is 0 Å². The first-order chi connectivity index (χ1) is 26.6. The average molecular weight is 726 g/mol. The molecule has 0 saturated carbocycles. The van der Waals surface area contributed by atoms with Gasteiger partial charge in [-0.2, -0.15) is 0 Å². The molecular weight excluding hydrogens is 679 g/mol. The molecule has 278 valence electrons. The van der Waals surface area contributed by atoms with Crippen molar-refractivity contribution in [2.75, 3.05) is 46.0 Å². The molecule has 4 aliphatic rings. The zero-order valence-corrected chi connectivity index (χ0v) is 30.5. The van der Waals surface area contributed by atoms with Crippen LogP contribution in [0.25, 0.3) is 33.6 Å². The number of carbonyl (C=O) groups is 2. The summed E-state index contributed by atoms with van der Waals surface area (Å²) in [5, 5.41) is 0. The number of carbonyl (C=O) groups excluding carboxylic acids is 2. The third-order valence-electron chi connectivity index (χ3n) is 11.6. The first kappa shape index (κ1) is 34.7. The molecule has 11 nitrogen and oxygen atoms in total. The van der Waals surface area contributed by atoms with E-state index in [1.54, 1.807) is 0 Å². The Morgan fingerprint density at radius 1 is 0.630 bits per heavy atom. The number of nitrogens with zero attached hydrogens (tertiary/aromatic N) is 5. The molecule has 6 heterocycles. The molecule has 11 heteroatoms. The lowest BCUT2D eigenvalue weighted by Gasteiger charge is -2.37. The number of amides is 2. The number of aromatic nitrogens is 4. The van der Waals surface area contributed by atoms with E-state index in [-0.39, 0.29) is 36.0 Å². The van der Waals surface area contributed by atoms with E-state index >= 15 is 0 Å². The molecule has 3 aromatic carbocycles. The molecule has 2 N–H and O–H groups in total. The second-order valence-corrected chi connectivity index (χ2v) is 14.9. The maximum Gasteiger partial charge on any atom is 0.252 e. The van der Waals surface area contributed by atoms with Crippen LogP contribution in [0.1, 0.15) is 73.9 Å². The zero-order valence-electron chi connectivity index (χ0n) is 30.5. The third-order valence-corrected chi connectivity index (χ3v) is 11.6. The molecule has 54 heavy (non-hydrogen) atoms. The Morgan fingerprint density at radius 2 is 1.19 bits per heavy atom. The fourth-order valence-electron chi connectivity index (χ4n) is 8.71. The summed E-state index contributed by atoms with van der Waals surface area (Å²) < 4.78 is 11.3. The summed E-state index contributed by atoms with van der Waals surface area (Å²) in [5.41, 5.74) is 7.23. The Hall–Kier alpha value is -5.10. The van der Waals surface area contributed by atoms with E-state index in [2.05, 4.69) is 75.5 Å². The largest absolute Gasteiger partial charge is 0.379 e. The molecule has 0 aliphatic carbocycles. The van der Waals surface area contributed by atoms with Crippen molar-refractivity contribution in [2.45, 2.75) is 62.8 Å². The Bertz CT molecular complexity index is 2050. The Morgan fingerprint density at radius 3 is 1.76 bits per heavy atom. The van der Waals surface area contributed by atoms with Gasteiger partial charge in [-0.05, 0) is 66.3 Å². The van der Waals surface area contributed by atoms with Crippen LogP contribution in [0.4, 0.5) is 0 Å². The van der Waals surface area contributed by atoms with Crippen molar-refractivity contribution in [1.29, 1.82) is 0 Å². The Balaban J connectivity index is 0.865. The normalized spacial score (nSPS) is 22.6. The van der Waals surface area contributed by atoms with Crippen molar-refractivity contribution in [3.05, 3.63) is 108 Å². The second kappa shape index (κ2) is 15.3. The summed E-state index contributed by atoms with van der Waals surface area (Å²) in [6.45, 7) is 4.89. The van der Waals surface area contributed by atoms with Gasteiger partial charge in [0.1, 0.15) is 23.8 Å².